The van der Waals surface area contributed by atoms with E-state index >= 15 is 0 Å². The van der Waals surface area contributed by atoms with E-state index in [0.29, 0.717) is 0 Å². The summed E-state index contributed by atoms with van der Waals surface area (Å²) in [5, 5.41) is 0. The second kappa shape index (κ2) is 20.9. The first kappa shape index (κ1) is 26.1. The van der Waals surface area contributed by atoms with Crippen LogP contribution in [0.4, 0.5) is 0 Å². The Hall–Kier alpha value is -0.160. The number of nitrogens with zero attached hydrogens (tertiary/aromatic N) is 1. The van der Waals surface area contributed by atoms with Crippen LogP contribution in [0.5, 0.6) is 0 Å². The summed E-state index contributed by atoms with van der Waals surface area (Å²) in [5.41, 5.74) is 1.33. The lowest BCUT2D eigenvalue weighted by atomic mass is 10.2. The second-order valence-corrected chi connectivity index (χ2v) is 7.02. The minimum atomic E-state index is 0.908. The minimum absolute atomic E-state index is 0.908. The van der Waals surface area contributed by atoms with Crippen LogP contribution >= 0.6 is 21.6 Å². The number of morpholine rings is 1. The van der Waals surface area contributed by atoms with E-state index < -0.39 is 0 Å². The van der Waals surface area contributed by atoms with Gasteiger partial charge in [-0.05, 0) is 32.0 Å². The molecule has 0 bridgehead atoms. The van der Waals surface area contributed by atoms with Crippen LogP contribution in [0.2, 0.25) is 0 Å². The molecule has 1 aromatic carbocycles. The van der Waals surface area contributed by atoms with Gasteiger partial charge in [0.15, 0.2) is 0 Å². The van der Waals surface area contributed by atoms with Gasteiger partial charge in [0.2, 0.25) is 0 Å². The maximum absolute atomic E-state index is 5.34. The fourth-order valence-electron chi connectivity index (χ4n) is 1.88. The Labute approximate surface area is 159 Å². The van der Waals surface area contributed by atoms with Gasteiger partial charge < -0.3 is 4.74 Å². The topological polar surface area (TPSA) is 12.5 Å². The Balaban J connectivity index is 0. The number of hydrogen-bond donors (Lipinski definition) is 0. The van der Waals surface area contributed by atoms with Gasteiger partial charge in [-0.3, -0.25) is 4.90 Å². The molecule has 0 unspecified atom stereocenters. The average molecular weight is 374 g/mol. The minimum Gasteiger partial charge on any atom is -0.379 e. The zero-order chi connectivity index (χ0) is 18.6. The van der Waals surface area contributed by atoms with Gasteiger partial charge in [-0.2, -0.15) is 0 Å². The lowest BCUT2D eigenvalue weighted by Gasteiger charge is -2.26. The molecule has 0 saturated carbocycles. The molecule has 0 amide bonds. The highest BCUT2D eigenvalue weighted by Crippen LogP contribution is 2.31. The highest BCUT2D eigenvalue weighted by Gasteiger charge is 2.09. The first-order valence-corrected chi connectivity index (χ1v) is 11.8. The summed E-state index contributed by atoms with van der Waals surface area (Å²) in [5.74, 6) is 1.22. The third kappa shape index (κ3) is 14.2. The van der Waals surface area contributed by atoms with Gasteiger partial charge in [-0.15, -0.1) is 0 Å². The normalized spacial score (nSPS) is 13.5. The van der Waals surface area contributed by atoms with Crippen LogP contribution in [-0.4, -0.2) is 43.5 Å². The Kier molecular flexibility index (Phi) is 22.7. The third-order valence-corrected chi connectivity index (χ3v) is 5.45. The van der Waals surface area contributed by atoms with E-state index in [4.69, 9.17) is 4.74 Å². The Morgan fingerprint density at radius 1 is 0.917 bits per heavy atom. The van der Waals surface area contributed by atoms with Crippen LogP contribution < -0.4 is 0 Å². The number of hydrogen-bond acceptors (Lipinski definition) is 4. The van der Waals surface area contributed by atoms with E-state index in [9.17, 15) is 0 Å². The summed E-state index contributed by atoms with van der Waals surface area (Å²) in [6.45, 7) is 19.4. The zero-order valence-electron chi connectivity index (χ0n) is 16.9. The largest absolute Gasteiger partial charge is 0.379 e. The van der Waals surface area contributed by atoms with Crippen LogP contribution in [-0.2, 0) is 4.74 Å². The third-order valence-electron chi connectivity index (χ3n) is 2.98. The molecule has 2 rings (SSSR count). The molecule has 0 N–H and O–H groups in total. The van der Waals surface area contributed by atoms with Gasteiger partial charge in [0.05, 0.1) is 13.2 Å². The molecular formula is C20H39NOS2. The summed E-state index contributed by atoms with van der Waals surface area (Å²) in [6, 6.07) is 8.76. The van der Waals surface area contributed by atoms with Crippen LogP contribution in [0.3, 0.4) is 0 Å². The quantitative estimate of drug-likeness (QED) is 0.414. The number of rotatable bonds is 6. The Bertz CT molecular complexity index is 338. The van der Waals surface area contributed by atoms with Gasteiger partial charge in [0.1, 0.15) is 0 Å². The molecule has 1 aliphatic rings. The maximum Gasteiger partial charge on any atom is 0.0594 e. The Morgan fingerprint density at radius 3 is 2.00 bits per heavy atom. The average Bonchev–Trinajstić information content (AvgIpc) is 2.69. The molecular weight excluding hydrogens is 334 g/mol. The highest BCUT2D eigenvalue weighted by molar-refractivity contribution is 8.76. The molecule has 0 radical (unpaired) electrons. The predicted octanol–water partition coefficient (Wildman–Crippen LogP) is 6.54. The lowest BCUT2D eigenvalue weighted by Crippen LogP contribution is -2.36. The van der Waals surface area contributed by atoms with Crippen molar-refractivity contribution in [3.05, 3.63) is 29.8 Å². The molecule has 0 aromatic heterocycles. The van der Waals surface area contributed by atoms with Crippen molar-refractivity contribution in [3.63, 3.8) is 0 Å². The van der Waals surface area contributed by atoms with Gasteiger partial charge >= 0.3 is 0 Å². The van der Waals surface area contributed by atoms with Crippen molar-refractivity contribution in [2.75, 3.05) is 38.6 Å². The smallest absolute Gasteiger partial charge is 0.0594 e. The van der Waals surface area contributed by atoms with Gasteiger partial charge in [-0.25, -0.2) is 0 Å². The summed E-state index contributed by atoms with van der Waals surface area (Å²) >= 11 is 0. The molecule has 1 aromatic rings. The molecule has 2 nitrogen and oxygen atoms in total. The van der Waals surface area contributed by atoms with E-state index in [2.05, 4.69) is 36.1 Å². The summed E-state index contributed by atoms with van der Waals surface area (Å²) in [4.78, 5) is 3.86. The summed E-state index contributed by atoms with van der Waals surface area (Å²) in [6.07, 6.45) is 1.27. The first-order chi connectivity index (χ1) is 11.8. The molecule has 1 aliphatic heterocycles. The van der Waals surface area contributed by atoms with Crippen molar-refractivity contribution in [1.82, 2.24) is 4.90 Å². The monoisotopic (exact) mass is 373 g/mol. The molecule has 4 heteroatoms. The molecule has 0 atom stereocenters. The van der Waals surface area contributed by atoms with Crippen molar-refractivity contribution in [3.8, 4) is 0 Å². The molecule has 142 valence electrons. The zero-order valence-corrected chi connectivity index (χ0v) is 18.6. The van der Waals surface area contributed by atoms with Crippen molar-refractivity contribution < 1.29 is 4.74 Å². The summed E-state index contributed by atoms with van der Waals surface area (Å²) < 4.78 is 5.34. The van der Waals surface area contributed by atoms with Crippen LogP contribution in [0.15, 0.2) is 29.2 Å². The molecule has 0 spiro atoms. The van der Waals surface area contributed by atoms with Gasteiger partial charge in [0, 0.05) is 23.7 Å². The number of ether oxygens (including phenoxy) is 1. The molecule has 1 heterocycles. The van der Waals surface area contributed by atoms with Crippen LogP contribution in [0.25, 0.3) is 0 Å². The van der Waals surface area contributed by atoms with Crippen LogP contribution in [0.1, 0.15) is 53.5 Å². The SMILES string of the molecule is CC.CC.CC.Cc1ccc(SSCCCN2CCOCC2)cc1. The lowest BCUT2D eigenvalue weighted by molar-refractivity contribution is 0.0381. The molecule has 1 saturated heterocycles. The van der Waals surface area contributed by atoms with E-state index in [1.165, 1.54) is 29.2 Å². The predicted molar refractivity (Wildman–Crippen MR) is 115 cm³/mol. The molecule has 0 aliphatic carbocycles. The van der Waals surface area contributed by atoms with E-state index in [0.717, 1.165) is 26.3 Å². The van der Waals surface area contributed by atoms with Gasteiger partial charge in [0.25, 0.3) is 0 Å². The highest BCUT2D eigenvalue weighted by atomic mass is 33.1. The molecule has 24 heavy (non-hydrogen) atoms. The van der Waals surface area contributed by atoms with Gasteiger partial charge in [-0.1, -0.05) is 80.8 Å². The molecule has 1 fully saturated rings. The van der Waals surface area contributed by atoms with Crippen molar-refractivity contribution >= 4 is 21.6 Å². The van der Waals surface area contributed by atoms with E-state index in [-0.39, 0.29) is 0 Å². The van der Waals surface area contributed by atoms with Crippen LogP contribution in [0, 0.1) is 6.92 Å². The second-order valence-electron chi connectivity index (χ2n) is 4.53. The number of benzene rings is 1. The van der Waals surface area contributed by atoms with E-state index in [1.807, 2.05) is 63.1 Å². The standard InChI is InChI=1S/C14H21NOS2.3C2H6/c1-13-3-5-14(6-4-13)18-17-12-2-7-15-8-10-16-11-9-15;3*1-2/h3-6H,2,7-12H2,1H3;3*1-2H3. The van der Waals surface area contributed by atoms with E-state index in [1.54, 1.807) is 0 Å². The van der Waals surface area contributed by atoms with Crippen molar-refractivity contribution in [2.45, 2.75) is 59.8 Å². The Morgan fingerprint density at radius 2 is 1.46 bits per heavy atom. The number of aryl methyl sites for hydroxylation is 1. The summed E-state index contributed by atoms with van der Waals surface area (Å²) in [7, 11) is 3.85. The van der Waals surface area contributed by atoms with Crippen molar-refractivity contribution in [1.29, 1.82) is 0 Å². The van der Waals surface area contributed by atoms with Crippen molar-refractivity contribution in [2.24, 2.45) is 0 Å². The fraction of sp³-hybridized carbons (Fsp3) is 0.700. The maximum atomic E-state index is 5.34. The fourth-order valence-corrected chi connectivity index (χ4v) is 3.93. The first-order valence-electron chi connectivity index (χ1n) is 9.51.